The Morgan fingerprint density at radius 1 is 1.47 bits per heavy atom. The van der Waals surface area contributed by atoms with E-state index in [0.717, 1.165) is 39.0 Å². The van der Waals surface area contributed by atoms with E-state index in [9.17, 15) is 0 Å². The average molecular weight is 265 g/mol. The summed E-state index contributed by atoms with van der Waals surface area (Å²) in [6.07, 6.45) is 5.36. The van der Waals surface area contributed by atoms with Crippen molar-refractivity contribution in [2.75, 3.05) is 26.8 Å². The van der Waals surface area contributed by atoms with Crippen LogP contribution in [0.25, 0.3) is 0 Å². The van der Waals surface area contributed by atoms with Gasteiger partial charge in [0, 0.05) is 32.8 Å². The maximum atomic E-state index is 4.99. The highest BCUT2D eigenvalue weighted by Crippen LogP contribution is 2.10. The topological polar surface area (TPSA) is 39.1 Å². The molecule has 1 N–H and O–H groups in total. The second kappa shape index (κ2) is 8.88. The molecule has 0 atom stereocenters. The number of hydrogen-bond acceptors (Lipinski definition) is 3. The Kier molecular flexibility index (Phi) is 7.45. The maximum Gasteiger partial charge on any atom is 0.0624 e. The summed E-state index contributed by atoms with van der Waals surface area (Å²) in [5, 5.41) is 7.82. The van der Waals surface area contributed by atoms with Crippen LogP contribution in [0.3, 0.4) is 0 Å². The van der Waals surface area contributed by atoms with Crippen LogP contribution in [-0.4, -0.2) is 36.6 Å². The van der Waals surface area contributed by atoms with E-state index in [0.29, 0.717) is 0 Å². The molecule has 0 aliphatic carbocycles. The summed E-state index contributed by atoms with van der Waals surface area (Å²) in [4.78, 5) is 0. The molecule has 0 aliphatic rings. The van der Waals surface area contributed by atoms with Gasteiger partial charge in [-0.05, 0) is 32.4 Å². The summed E-state index contributed by atoms with van der Waals surface area (Å²) < 4.78 is 6.98. The van der Waals surface area contributed by atoms with E-state index in [1.807, 2.05) is 11.7 Å². The van der Waals surface area contributed by atoms with Gasteiger partial charge < -0.3 is 10.1 Å². The summed E-state index contributed by atoms with van der Waals surface area (Å²) in [5.41, 5.74) is 3.86. The van der Waals surface area contributed by atoms with E-state index in [-0.39, 0.29) is 0 Å². The second-order valence-electron chi connectivity index (χ2n) is 4.86. The van der Waals surface area contributed by atoms with E-state index in [1.165, 1.54) is 17.0 Å². The van der Waals surface area contributed by atoms with Gasteiger partial charge in [0.2, 0.25) is 0 Å². The maximum absolute atomic E-state index is 4.99. The molecule has 19 heavy (non-hydrogen) atoms. The smallest absolute Gasteiger partial charge is 0.0624 e. The van der Waals surface area contributed by atoms with Crippen LogP contribution in [0.5, 0.6) is 0 Å². The van der Waals surface area contributed by atoms with Gasteiger partial charge in [0.05, 0.1) is 12.3 Å². The van der Waals surface area contributed by atoms with E-state index in [1.54, 1.807) is 7.11 Å². The Morgan fingerprint density at radius 3 is 2.89 bits per heavy atom. The number of nitrogens with one attached hydrogen (secondary N) is 1. The van der Waals surface area contributed by atoms with Gasteiger partial charge in [0.25, 0.3) is 0 Å². The highest BCUT2D eigenvalue weighted by atomic mass is 16.5. The van der Waals surface area contributed by atoms with Crippen molar-refractivity contribution < 1.29 is 4.74 Å². The van der Waals surface area contributed by atoms with Crippen molar-refractivity contribution >= 4 is 0 Å². The largest absolute Gasteiger partial charge is 0.383 e. The third kappa shape index (κ3) is 6.03. The first kappa shape index (κ1) is 15.9. The quantitative estimate of drug-likeness (QED) is 0.549. The predicted octanol–water partition coefficient (Wildman–Crippen LogP) is 2.10. The molecule has 0 aromatic carbocycles. The SMILES string of the molecule is CCc1cc(CC(C)=CCCNCCOC)n(C)n1. The van der Waals surface area contributed by atoms with Crippen LogP contribution in [0.4, 0.5) is 0 Å². The lowest BCUT2D eigenvalue weighted by Crippen LogP contribution is -2.19. The van der Waals surface area contributed by atoms with Gasteiger partial charge in [-0.2, -0.15) is 5.10 Å². The van der Waals surface area contributed by atoms with Crippen LogP contribution in [0, 0.1) is 0 Å². The normalized spacial score (nSPS) is 12.1. The molecule has 4 heteroatoms. The van der Waals surface area contributed by atoms with Crippen molar-refractivity contribution in [1.82, 2.24) is 15.1 Å². The van der Waals surface area contributed by atoms with E-state index < -0.39 is 0 Å². The first-order chi connectivity index (χ1) is 9.17. The van der Waals surface area contributed by atoms with Crippen molar-refractivity contribution in [3.05, 3.63) is 29.1 Å². The summed E-state index contributed by atoms with van der Waals surface area (Å²) in [6, 6.07) is 2.20. The van der Waals surface area contributed by atoms with Crippen molar-refractivity contribution in [1.29, 1.82) is 0 Å². The third-order valence-electron chi connectivity index (χ3n) is 3.15. The molecule has 0 unspecified atom stereocenters. The molecule has 1 heterocycles. The summed E-state index contributed by atoms with van der Waals surface area (Å²) in [7, 11) is 3.75. The van der Waals surface area contributed by atoms with Gasteiger partial charge in [0.1, 0.15) is 0 Å². The minimum atomic E-state index is 0.775. The van der Waals surface area contributed by atoms with Gasteiger partial charge >= 0.3 is 0 Å². The third-order valence-corrected chi connectivity index (χ3v) is 3.15. The Balaban J connectivity index is 2.32. The van der Waals surface area contributed by atoms with Crippen molar-refractivity contribution in [3.8, 4) is 0 Å². The number of nitrogens with zero attached hydrogens (tertiary/aromatic N) is 2. The second-order valence-corrected chi connectivity index (χ2v) is 4.86. The van der Waals surface area contributed by atoms with Gasteiger partial charge in [-0.1, -0.05) is 18.6 Å². The number of ether oxygens (including phenoxy) is 1. The monoisotopic (exact) mass is 265 g/mol. The first-order valence-corrected chi connectivity index (χ1v) is 7.04. The lowest BCUT2D eigenvalue weighted by Gasteiger charge is -2.04. The number of allylic oxidation sites excluding steroid dienone is 1. The molecule has 0 saturated heterocycles. The molecule has 0 spiro atoms. The fourth-order valence-corrected chi connectivity index (χ4v) is 1.99. The highest BCUT2D eigenvalue weighted by Gasteiger charge is 2.03. The fourth-order valence-electron chi connectivity index (χ4n) is 1.99. The lowest BCUT2D eigenvalue weighted by molar-refractivity contribution is 0.199. The Morgan fingerprint density at radius 2 is 2.26 bits per heavy atom. The molecule has 1 aromatic rings. The molecule has 0 amide bonds. The van der Waals surface area contributed by atoms with E-state index >= 15 is 0 Å². The van der Waals surface area contributed by atoms with Crippen LogP contribution in [-0.2, 0) is 24.6 Å². The zero-order chi connectivity index (χ0) is 14.1. The number of aromatic nitrogens is 2. The highest BCUT2D eigenvalue weighted by molar-refractivity contribution is 5.17. The molecular weight excluding hydrogens is 238 g/mol. The minimum absolute atomic E-state index is 0.775. The van der Waals surface area contributed by atoms with Gasteiger partial charge in [-0.15, -0.1) is 0 Å². The Labute approximate surface area is 116 Å². The van der Waals surface area contributed by atoms with Crippen LogP contribution >= 0.6 is 0 Å². The standard InChI is InChI=1S/C15H27N3O/c1-5-14-12-15(18(3)17-14)11-13(2)7-6-8-16-9-10-19-4/h7,12,16H,5-6,8-11H2,1-4H3. The molecule has 4 nitrogen and oxygen atoms in total. The number of methoxy groups -OCH3 is 1. The predicted molar refractivity (Wildman–Crippen MR) is 79.4 cm³/mol. The van der Waals surface area contributed by atoms with Crippen LogP contribution < -0.4 is 5.32 Å². The number of rotatable bonds is 9. The zero-order valence-corrected chi connectivity index (χ0v) is 12.7. The Bertz CT molecular complexity index is 396. The van der Waals surface area contributed by atoms with Crippen LogP contribution in [0.15, 0.2) is 17.7 Å². The van der Waals surface area contributed by atoms with Crippen molar-refractivity contribution in [2.24, 2.45) is 7.05 Å². The summed E-state index contributed by atoms with van der Waals surface area (Å²) in [6.45, 7) is 7.03. The molecule has 0 bridgehead atoms. The Hall–Kier alpha value is -1.13. The average Bonchev–Trinajstić information content (AvgIpc) is 2.74. The molecule has 108 valence electrons. The molecule has 1 aromatic heterocycles. The van der Waals surface area contributed by atoms with Crippen LogP contribution in [0.2, 0.25) is 0 Å². The van der Waals surface area contributed by atoms with Gasteiger partial charge in [0.15, 0.2) is 0 Å². The lowest BCUT2D eigenvalue weighted by atomic mass is 10.1. The first-order valence-electron chi connectivity index (χ1n) is 7.04. The molecule has 0 radical (unpaired) electrons. The summed E-state index contributed by atoms with van der Waals surface area (Å²) >= 11 is 0. The van der Waals surface area contributed by atoms with Gasteiger partial charge in [-0.3, -0.25) is 4.68 Å². The number of hydrogen-bond donors (Lipinski definition) is 1. The molecule has 0 aliphatic heterocycles. The number of aryl methyl sites for hydroxylation is 2. The molecule has 0 saturated carbocycles. The minimum Gasteiger partial charge on any atom is -0.383 e. The van der Waals surface area contributed by atoms with E-state index in [2.05, 4.69) is 36.4 Å². The molecular formula is C15H27N3O. The van der Waals surface area contributed by atoms with Crippen molar-refractivity contribution in [2.45, 2.75) is 33.1 Å². The molecule has 1 rings (SSSR count). The van der Waals surface area contributed by atoms with Crippen LogP contribution in [0.1, 0.15) is 31.7 Å². The summed E-state index contributed by atoms with van der Waals surface area (Å²) in [5.74, 6) is 0. The van der Waals surface area contributed by atoms with Crippen molar-refractivity contribution in [3.63, 3.8) is 0 Å². The van der Waals surface area contributed by atoms with Gasteiger partial charge in [-0.25, -0.2) is 0 Å². The zero-order valence-electron chi connectivity index (χ0n) is 12.7. The van der Waals surface area contributed by atoms with E-state index in [4.69, 9.17) is 4.74 Å². The molecule has 0 fully saturated rings. The fraction of sp³-hybridized carbons (Fsp3) is 0.667.